The quantitative estimate of drug-likeness (QED) is 0.598. The van der Waals surface area contributed by atoms with Crippen LogP contribution in [0.5, 0.6) is 0 Å². The summed E-state index contributed by atoms with van der Waals surface area (Å²) in [6.07, 6.45) is 6.63. The fourth-order valence-corrected chi connectivity index (χ4v) is 2.53. The highest BCUT2D eigenvalue weighted by Gasteiger charge is 2.18. The van der Waals surface area contributed by atoms with Crippen LogP contribution < -0.4 is 0 Å². The summed E-state index contributed by atoms with van der Waals surface area (Å²) in [7, 11) is 0. The van der Waals surface area contributed by atoms with E-state index in [1.807, 2.05) is 24.3 Å². The number of Topliss-reactive ketones (excluding diaryl/α,β-unsaturated/α-hetero) is 1. The first-order valence-electron chi connectivity index (χ1n) is 6.68. The molecule has 0 spiro atoms. The van der Waals surface area contributed by atoms with Crippen molar-refractivity contribution >= 4 is 21.7 Å². The highest BCUT2D eigenvalue weighted by atomic mass is 79.9. The van der Waals surface area contributed by atoms with E-state index < -0.39 is 0 Å². The van der Waals surface area contributed by atoms with Gasteiger partial charge in [-0.25, -0.2) is 0 Å². The van der Waals surface area contributed by atoms with Crippen LogP contribution in [0.2, 0.25) is 0 Å². The minimum Gasteiger partial charge on any atom is -0.373 e. The van der Waals surface area contributed by atoms with Gasteiger partial charge in [0, 0.05) is 10.0 Å². The number of carbonyl (C=O) groups excluding carboxylic acids is 1. The zero-order chi connectivity index (χ0) is 13.7. The number of ether oxygens (including phenoxy) is 1. The fraction of sp³-hybridized carbons (Fsp3) is 0.438. The summed E-state index contributed by atoms with van der Waals surface area (Å²) >= 11 is 3.36. The molecule has 0 aromatic heterocycles. The second kappa shape index (κ2) is 7.01. The van der Waals surface area contributed by atoms with E-state index in [9.17, 15) is 4.79 Å². The Hall–Kier alpha value is -0.930. The van der Waals surface area contributed by atoms with Gasteiger partial charge in [0.2, 0.25) is 0 Å². The summed E-state index contributed by atoms with van der Waals surface area (Å²) in [5, 5.41) is 0. The largest absolute Gasteiger partial charge is 0.373 e. The predicted molar refractivity (Wildman–Crippen MR) is 80.3 cm³/mol. The van der Waals surface area contributed by atoms with Crippen LogP contribution in [0.4, 0.5) is 0 Å². The van der Waals surface area contributed by atoms with Gasteiger partial charge in [-0.3, -0.25) is 4.79 Å². The molecule has 0 radical (unpaired) electrons. The van der Waals surface area contributed by atoms with Crippen molar-refractivity contribution in [1.29, 1.82) is 0 Å². The van der Waals surface area contributed by atoms with E-state index in [-0.39, 0.29) is 12.4 Å². The maximum Gasteiger partial charge on any atom is 0.188 e. The molecule has 0 fully saturated rings. The standard InChI is InChI=1S/C16H19BrO2/c1-12-4-2-3-5-14(12)10-19-11-16(18)13-6-8-15(17)9-7-13/h2-3,6-9,12,14H,4-5,10-11H2,1H3. The summed E-state index contributed by atoms with van der Waals surface area (Å²) in [6.45, 7) is 3.09. The highest BCUT2D eigenvalue weighted by Crippen LogP contribution is 2.25. The highest BCUT2D eigenvalue weighted by molar-refractivity contribution is 9.10. The van der Waals surface area contributed by atoms with Gasteiger partial charge in [-0.2, -0.15) is 0 Å². The van der Waals surface area contributed by atoms with E-state index in [1.165, 1.54) is 0 Å². The van der Waals surface area contributed by atoms with E-state index in [2.05, 4.69) is 35.0 Å². The molecule has 0 aliphatic heterocycles. The first-order valence-corrected chi connectivity index (χ1v) is 7.47. The summed E-state index contributed by atoms with van der Waals surface area (Å²) in [5.41, 5.74) is 0.708. The Morgan fingerprint density at radius 1 is 1.26 bits per heavy atom. The van der Waals surface area contributed by atoms with E-state index in [0.29, 0.717) is 24.0 Å². The van der Waals surface area contributed by atoms with Crippen LogP contribution in [0.3, 0.4) is 0 Å². The van der Waals surface area contributed by atoms with Gasteiger partial charge in [0.15, 0.2) is 5.78 Å². The molecule has 1 aliphatic carbocycles. The Bertz CT molecular complexity index is 450. The first-order chi connectivity index (χ1) is 9.16. The summed E-state index contributed by atoms with van der Waals surface area (Å²) < 4.78 is 6.57. The third kappa shape index (κ3) is 4.29. The Balaban J connectivity index is 1.77. The van der Waals surface area contributed by atoms with E-state index >= 15 is 0 Å². The average molecular weight is 323 g/mol. The number of halogens is 1. The number of ketones is 1. The van der Waals surface area contributed by atoms with Gasteiger partial charge < -0.3 is 4.74 Å². The van der Waals surface area contributed by atoms with Crippen LogP contribution in [0.1, 0.15) is 30.1 Å². The van der Waals surface area contributed by atoms with Crippen molar-refractivity contribution in [2.75, 3.05) is 13.2 Å². The zero-order valence-corrected chi connectivity index (χ0v) is 12.7. The third-order valence-corrected chi connectivity index (χ3v) is 4.18. The maximum absolute atomic E-state index is 11.9. The van der Waals surface area contributed by atoms with Crippen molar-refractivity contribution < 1.29 is 9.53 Å². The Labute approximate surface area is 123 Å². The SMILES string of the molecule is CC1CC=CCC1COCC(=O)c1ccc(Br)cc1. The average Bonchev–Trinajstić information content (AvgIpc) is 2.41. The lowest BCUT2D eigenvalue weighted by Crippen LogP contribution is -2.21. The number of hydrogen-bond acceptors (Lipinski definition) is 2. The summed E-state index contributed by atoms with van der Waals surface area (Å²) in [5.74, 6) is 1.24. The molecule has 3 heteroatoms. The van der Waals surface area contributed by atoms with Crippen molar-refractivity contribution in [2.45, 2.75) is 19.8 Å². The van der Waals surface area contributed by atoms with Gasteiger partial charge in [-0.1, -0.05) is 47.1 Å². The van der Waals surface area contributed by atoms with E-state index in [1.54, 1.807) is 0 Å². The van der Waals surface area contributed by atoms with Crippen LogP contribution in [0.25, 0.3) is 0 Å². The van der Waals surface area contributed by atoms with E-state index in [4.69, 9.17) is 4.74 Å². The fourth-order valence-electron chi connectivity index (χ4n) is 2.26. The molecule has 0 N–H and O–H groups in total. The predicted octanol–water partition coefficient (Wildman–Crippen LogP) is 4.25. The number of carbonyl (C=O) groups is 1. The molecule has 102 valence electrons. The second-order valence-electron chi connectivity index (χ2n) is 5.13. The number of rotatable bonds is 5. The number of allylic oxidation sites excluding steroid dienone is 2. The molecule has 0 saturated carbocycles. The third-order valence-electron chi connectivity index (χ3n) is 3.65. The lowest BCUT2D eigenvalue weighted by atomic mass is 9.85. The Kier molecular flexibility index (Phi) is 5.34. The Morgan fingerprint density at radius 2 is 1.95 bits per heavy atom. The molecule has 0 saturated heterocycles. The molecule has 0 bridgehead atoms. The van der Waals surface area contributed by atoms with Crippen LogP contribution >= 0.6 is 15.9 Å². The second-order valence-corrected chi connectivity index (χ2v) is 6.04. The van der Waals surface area contributed by atoms with E-state index in [0.717, 1.165) is 17.3 Å². The number of hydrogen-bond donors (Lipinski definition) is 0. The maximum atomic E-state index is 11.9. The van der Waals surface area contributed by atoms with Crippen molar-refractivity contribution in [3.8, 4) is 0 Å². The molecule has 1 aromatic carbocycles. The lowest BCUT2D eigenvalue weighted by molar-refractivity contribution is 0.0602. The Morgan fingerprint density at radius 3 is 2.63 bits per heavy atom. The smallest absolute Gasteiger partial charge is 0.188 e. The molecule has 2 nitrogen and oxygen atoms in total. The molecule has 1 aromatic rings. The zero-order valence-electron chi connectivity index (χ0n) is 11.1. The minimum absolute atomic E-state index is 0.0477. The molecule has 19 heavy (non-hydrogen) atoms. The van der Waals surface area contributed by atoms with Gasteiger partial charge in [0.25, 0.3) is 0 Å². The minimum atomic E-state index is 0.0477. The summed E-state index contributed by atoms with van der Waals surface area (Å²) in [6, 6.07) is 7.39. The van der Waals surface area contributed by atoms with Crippen molar-refractivity contribution in [1.82, 2.24) is 0 Å². The van der Waals surface area contributed by atoms with Crippen LogP contribution in [0, 0.1) is 11.8 Å². The summed E-state index contributed by atoms with van der Waals surface area (Å²) in [4.78, 5) is 11.9. The van der Waals surface area contributed by atoms with Gasteiger partial charge in [0.05, 0.1) is 6.61 Å². The van der Waals surface area contributed by atoms with Gasteiger partial charge in [-0.05, 0) is 36.8 Å². The number of benzene rings is 1. The topological polar surface area (TPSA) is 26.3 Å². The molecule has 2 atom stereocenters. The normalized spacial score (nSPS) is 22.4. The molecular formula is C16H19BrO2. The molecule has 2 rings (SSSR count). The monoisotopic (exact) mass is 322 g/mol. The van der Waals surface area contributed by atoms with Crippen molar-refractivity contribution in [2.24, 2.45) is 11.8 Å². The van der Waals surface area contributed by atoms with Crippen molar-refractivity contribution in [3.05, 3.63) is 46.5 Å². The first kappa shape index (κ1) is 14.5. The van der Waals surface area contributed by atoms with Gasteiger partial charge >= 0.3 is 0 Å². The lowest BCUT2D eigenvalue weighted by Gasteiger charge is -2.24. The molecule has 1 aliphatic rings. The van der Waals surface area contributed by atoms with Crippen LogP contribution in [-0.4, -0.2) is 19.0 Å². The van der Waals surface area contributed by atoms with Crippen molar-refractivity contribution in [3.63, 3.8) is 0 Å². The van der Waals surface area contributed by atoms with Crippen LogP contribution in [0.15, 0.2) is 40.9 Å². The van der Waals surface area contributed by atoms with Gasteiger partial charge in [0.1, 0.15) is 6.61 Å². The molecule has 0 heterocycles. The molecule has 0 amide bonds. The van der Waals surface area contributed by atoms with Gasteiger partial charge in [-0.15, -0.1) is 0 Å². The van der Waals surface area contributed by atoms with Crippen LogP contribution in [-0.2, 0) is 4.74 Å². The molecule has 2 unspecified atom stereocenters. The molecular weight excluding hydrogens is 304 g/mol.